The van der Waals surface area contributed by atoms with Crippen molar-refractivity contribution in [2.24, 2.45) is 0 Å². The Hall–Kier alpha value is -2.35. The second kappa shape index (κ2) is 8.12. The molecule has 0 spiro atoms. The Balaban J connectivity index is 1.99. The van der Waals surface area contributed by atoms with Crippen LogP contribution in [0.5, 0.6) is 11.5 Å². The van der Waals surface area contributed by atoms with Crippen LogP contribution >= 0.6 is 11.3 Å². The zero-order valence-corrected chi connectivity index (χ0v) is 16.9. The van der Waals surface area contributed by atoms with Gasteiger partial charge >= 0.3 is 0 Å². The lowest BCUT2D eigenvalue weighted by molar-refractivity contribution is 0.354. The van der Waals surface area contributed by atoms with E-state index in [-0.39, 0.29) is 4.90 Å². The number of methoxy groups -OCH3 is 2. The van der Waals surface area contributed by atoms with Crippen molar-refractivity contribution in [3.8, 4) is 11.5 Å². The monoisotopic (exact) mass is 403 g/mol. The molecule has 1 heterocycles. The van der Waals surface area contributed by atoms with Gasteiger partial charge in [0, 0.05) is 10.9 Å². The molecule has 1 unspecified atom stereocenters. The van der Waals surface area contributed by atoms with E-state index in [1.165, 1.54) is 37.7 Å². The first-order valence-electron chi connectivity index (χ1n) is 8.29. The van der Waals surface area contributed by atoms with E-state index in [1.807, 2.05) is 48.7 Å². The molecule has 0 fully saturated rings. The summed E-state index contributed by atoms with van der Waals surface area (Å²) in [4.78, 5) is 1.04. The molecule has 5 nitrogen and oxygen atoms in total. The van der Waals surface area contributed by atoms with E-state index in [9.17, 15) is 8.42 Å². The van der Waals surface area contributed by atoms with Crippen LogP contribution in [-0.2, 0) is 10.0 Å². The first-order valence-corrected chi connectivity index (χ1v) is 10.6. The van der Waals surface area contributed by atoms with Gasteiger partial charge in [-0.15, -0.1) is 11.3 Å². The second-order valence-electron chi connectivity index (χ2n) is 6.00. The third kappa shape index (κ3) is 4.32. The summed E-state index contributed by atoms with van der Waals surface area (Å²) in [5.41, 5.74) is 2.00. The van der Waals surface area contributed by atoms with Gasteiger partial charge in [0.1, 0.15) is 0 Å². The summed E-state index contributed by atoms with van der Waals surface area (Å²) >= 11 is 1.51. The van der Waals surface area contributed by atoms with Gasteiger partial charge in [0.15, 0.2) is 11.5 Å². The van der Waals surface area contributed by atoms with Gasteiger partial charge in [0.25, 0.3) is 0 Å². The van der Waals surface area contributed by atoms with Crippen LogP contribution in [0.1, 0.15) is 22.0 Å². The number of aryl methyl sites for hydroxylation is 1. The number of hydrogen-bond donors (Lipinski definition) is 1. The molecule has 0 aliphatic rings. The molecule has 3 aromatic rings. The van der Waals surface area contributed by atoms with E-state index in [0.29, 0.717) is 11.5 Å². The Morgan fingerprint density at radius 2 is 1.67 bits per heavy atom. The van der Waals surface area contributed by atoms with Gasteiger partial charge in [0.05, 0.1) is 25.2 Å². The van der Waals surface area contributed by atoms with E-state index < -0.39 is 16.1 Å². The maximum atomic E-state index is 13.0. The summed E-state index contributed by atoms with van der Waals surface area (Å²) < 4.78 is 39.3. The fraction of sp³-hybridized carbons (Fsp3) is 0.200. The highest BCUT2D eigenvalue weighted by molar-refractivity contribution is 7.89. The molecule has 1 aromatic heterocycles. The minimum Gasteiger partial charge on any atom is -0.493 e. The highest BCUT2D eigenvalue weighted by Crippen LogP contribution is 2.32. The van der Waals surface area contributed by atoms with Crippen LogP contribution in [0.15, 0.2) is 64.9 Å². The van der Waals surface area contributed by atoms with Crippen molar-refractivity contribution in [3.05, 3.63) is 76.0 Å². The normalized spacial score (nSPS) is 12.6. The van der Waals surface area contributed by atoms with Gasteiger partial charge < -0.3 is 9.47 Å². The molecular weight excluding hydrogens is 382 g/mol. The standard InChI is InChI=1S/C20H21NO4S2/c1-14-6-8-15(9-7-14)20(19-5-4-12-26-19)21-27(22,23)16-10-11-17(24-2)18(13-16)25-3/h4-13,20-21H,1-3H3. The topological polar surface area (TPSA) is 64.6 Å². The van der Waals surface area contributed by atoms with Crippen LogP contribution in [0, 0.1) is 6.92 Å². The minimum absolute atomic E-state index is 0.119. The number of benzene rings is 2. The first kappa shape index (κ1) is 19.4. The molecular formula is C20H21NO4S2. The summed E-state index contributed by atoms with van der Waals surface area (Å²) in [6.07, 6.45) is 0. The SMILES string of the molecule is COc1ccc(S(=O)(=O)NC(c2ccc(C)cc2)c2cccs2)cc1OC. The molecule has 3 rings (SSSR count). The van der Waals surface area contributed by atoms with Crippen LogP contribution < -0.4 is 14.2 Å². The number of nitrogens with one attached hydrogen (secondary N) is 1. The van der Waals surface area contributed by atoms with E-state index in [2.05, 4.69) is 4.72 Å². The average molecular weight is 404 g/mol. The lowest BCUT2D eigenvalue weighted by Crippen LogP contribution is -2.29. The smallest absolute Gasteiger partial charge is 0.241 e. The van der Waals surface area contributed by atoms with Gasteiger partial charge in [0.2, 0.25) is 10.0 Å². The number of rotatable bonds is 7. The van der Waals surface area contributed by atoms with Gasteiger partial charge in [-0.2, -0.15) is 4.72 Å². The molecule has 7 heteroatoms. The number of thiophene rings is 1. The van der Waals surface area contributed by atoms with Crippen molar-refractivity contribution >= 4 is 21.4 Å². The largest absolute Gasteiger partial charge is 0.493 e. The van der Waals surface area contributed by atoms with E-state index in [0.717, 1.165) is 16.0 Å². The molecule has 0 saturated carbocycles. The number of hydrogen-bond acceptors (Lipinski definition) is 5. The third-order valence-electron chi connectivity index (χ3n) is 4.18. The molecule has 0 aliphatic heterocycles. The molecule has 0 radical (unpaired) electrons. The quantitative estimate of drug-likeness (QED) is 0.644. The molecule has 1 atom stereocenters. The lowest BCUT2D eigenvalue weighted by atomic mass is 10.0. The average Bonchev–Trinajstić information content (AvgIpc) is 3.21. The Bertz CT molecular complexity index is 997. The maximum Gasteiger partial charge on any atom is 0.241 e. The Morgan fingerprint density at radius 1 is 0.963 bits per heavy atom. The zero-order chi connectivity index (χ0) is 19.4. The summed E-state index contributed by atoms with van der Waals surface area (Å²) in [5, 5.41) is 1.93. The van der Waals surface area contributed by atoms with E-state index in [1.54, 1.807) is 6.07 Å². The first-order chi connectivity index (χ1) is 12.9. The van der Waals surface area contributed by atoms with Crippen molar-refractivity contribution in [2.45, 2.75) is 17.9 Å². The van der Waals surface area contributed by atoms with Gasteiger partial charge in [-0.3, -0.25) is 0 Å². The van der Waals surface area contributed by atoms with Crippen molar-refractivity contribution in [1.29, 1.82) is 0 Å². The summed E-state index contributed by atoms with van der Waals surface area (Å²) in [6.45, 7) is 2.00. The molecule has 0 saturated heterocycles. The molecule has 27 heavy (non-hydrogen) atoms. The van der Waals surface area contributed by atoms with Crippen LogP contribution in [-0.4, -0.2) is 22.6 Å². The highest BCUT2D eigenvalue weighted by Gasteiger charge is 2.24. The predicted octanol–water partition coefficient (Wildman–Crippen LogP) is 4.14. The van der Waals surface area contributed by atoms with Crippen LogP contribution in [0.4, 0.5) is 0 Å². The summed E-state index contributed by atoms with van der Waals surface area (Å²) in [6, 6.07) is 15.7. The van der Waals surface area contributed by atoms with Crippen molar-refractivity contribution < 1.29 is 17.9 Å². The van der Waals surface area contributed by atoms with E-state index in [4.69, 9.17) is 9.47 Å². The van der Waals surface area contributed by atoms with Crippen LogP contribution in [0.25, 0.3) is 0 Å². The van der Waals surface area contributed by atoms with Gasteiger partial charge in [-0.25, -0.2) is 8.42 Å². The fourth-order valence-corrected chi connectivity index (χ4v) is 4.81. The van der Waals surface area contributed by atoms with Gasteiger partial charge in [-0.05, 0) is 36.1 Å². The van der Waals surface area contributed by atoms with E-state index >= 15 is 0 Å². The third-order valence-corrected chi connectivity index (χ3v) is 6.53. The fourth-order valence-electron chi connectivity index (χ4n) is 2.71. The molecule has 0 amide bonds. The zero-order valence-electron chi connectivity index (χ0n) is 15.3. The lowest BCUT2D eigenvalue weighted by Gasteiger charge is -2.19. The molecule has 1 N–H and O–H groups in total. The summed E-state index contributed by atoms with van der Waals surface area (Å²) in [5.74, 6) is 0.841. The molecule has 0 bridgehead atoms. The minimum atomic E-state index is -3.78. The Morgan fingerprint density at radius 3 is 2.26 bits per heavy atom. The van der Waals surface area contributed by atoms with Crippen LogP contribution in [0.3, 0.4) is 0 Å². The van der Waals surface area contributed by atoms with Crippen LogP contribution in [0.2, 0.25) is 0 Å². The second-order valence-corrected chi connectivity index (χ2v) is 8.69. The van der Waals surface area contributed by atoms with Gasteiger partial charge in [-0.1, -0.05) is 35.9 Å². The molecule has 2 aromatic carbocycles. The molecule has 142 valence electrons. The predicted molar refractivity (Wildman–Crippen MR) is 107 cm³/mol. The maximum absolute atomic E-state index is 13.0. The Labute approximate surface area is 163 Å². The van der Waals surface area contributed by atoms with Crippen molar-refractivity contribution in [3.63, 3.8) is 0 Å². The number of sulfonamides is 1. The Kier molecular flexibility index (Phi) is 5.84. The van der Waals surface area contributed by atoms with Crippen molar-refractivity contribution in [1.82, 2.24) is 4.72 Å². The number of ether oxygens (including phenoxy) is 2. The molecule has 0 aliphatic carbocycles. The summed E-state index contributed by atoms with van der Waals surface area (Å²) in [7, 11) is -0.797. The highest BCUT2D eigenvalue weighted by atomic mass is 32.2. The van der Waals surface area contributed by atoms with Crippen molar-refractivity contribution in [2.75, 3.05) is 14.2 Å².